The minimum absolute atomic E-state index is 0.00353. The number of aromatic carboxylic acids is 1. The van der Waals surface area contributed by atoms with Crippen molar-refractivity contribution >= 4 is 46.6 Å². The molecule has 0 radical (unpaired) electrons. The number of carbonyl (C=O) groups excluding carboxylic acids is 2. The quantitative estimate of drug-likeness (QED) is 0.830. The zero-order chi connectivity index (χ0) is 17.4. The molecule has 1 fully saturated rings. The first-order valence-corrected chi connectivity index (χ1v) is 7.91. The average Bonchev–Trinajstić information content (AvgIpc) is 3.09. The number of carboxylic acid groups (broad SMARTS) is 1. The van der Waals surface area contributed by atoms with E-state index < -0.39 is 5.97 Å². The van der Waals surface area contributed by atoms with Gasteiger partial charge < -0.3 is 9.52 Å². The predicted octanol–water partition coefficient (Wildman–Crippen LogP) is 3.96. The molecule has 24 heavy (non-hydrogen) atoms. The van der Waals surface area contributed by atoms with Crippen LogP contribution in [-0.2, 0) is 4.79 Å². The van der Waals surface area contributed by atoms with Gasteiger partial charge >= 0.3 is 5.97 Å². The maximum atomic E-state index is 11.8. The van der Waals surface area contributed by atoms with E-state index in [0.29, 0.717) is 17.1 Å². The molecule has 1 saturated heterocycles. The van der Waals surface area contributed by atoms with Gasteiger partial charge in [0.25, 0.3) is 11.1 Å². The van der Waals surface area contributed by atoms with Gasteiger partial charge in [-0.15, -0.1) is 0 Å². The zero-order valence-corrected chi connectivity index (χ0v) is 13.9. The highest BCUT2D eigenvalue weighted by Gasteiger charge is 2.32. The second-order valence-corrected chi connectivity index (χ2v) is 6.34. The Labute approximate surface area is 145 Å². The van der Waals surface area contributed by atoms with Crippen molar-refractivity contribution in [3.05, 3.63) is 51.6 Å². The molecule has 3 rings (SSSR count). The molecule has 1 N–H and O–H groups in total. The van der Waals surface area contributed by atoms with E-state index >= 15 is 0 Å². The van der Waals surface area contributed by atoms with Crippen LogP contribution in [0.1, 0.15) is 16.1 Å². The number of nitrogens with zero attached hydrogens (tertiary/aromatic N) is 1. The summed E-state index contributed by atoms with van der Waals surface area (Å²) in [5, 5.41) is 8.74. The van der Waals surface area contributed by atoms with Crippen LogP contribution in [-0.4, -0.2) is 34.2 Å². The van der Waals surface area contributed by atoms with Crippen molar-refractivity contribution in [2.45, 2.75) is 0 Å². The maximum absolute atomic E-state index is 11.8. The molecule has 0 unspecified atom stereocenters. The lowest BCUT2D eigenvalue weighted by Crippen LogP contribution is -2.22. The van der Waals surface area contributed by atoms with E-state index in [1.807, 2.05) is 0 Å². The zero-order valence-electron chi connectivity index (χ0n) is 12.3. The van der Waals surface area contributed by atoms with E-state index in [-0.39, 0.29) is 26.6 Å². The highest BCUT2D eigenvalue weighted by molar-refractivity contribution is 8.18. The number of hydrogen-bond acceptors (Lipinski definition) is 5. The number of benzene rings is 1. The Morgan fingerprint density at radius 3 is 2.62 bits per heavy atom. The number of imide groups is 1. The molecule has 122 valence electrons. The van der Waals surface area contributed by atoms with Crippen LogP contribution in [0.25, 0.3) is 17.4 Å². The normalized spacial score (nSPS) is 16.2. The third-order valence-corrected chi connectivity index (χ3v) is 4.64. The molecule has 2 aromatic rings. The largest absolute Gasteiger partial charge is 0.478 e. The lowest BCUT2D eigenvalue weighted by Gasteiger charge is -2.02. The van der Waals surface area contributed by atoms with Crippen LogP contribution in [0.2, 0.25) is 5.02 Å². The SMILES string of the molecule is CN1C(=O)SC(=Cc2ccc(-c3ccc(C(=O)O)c(Cl)c3)o2)C1=O. The van der Waals surface area contributed by atoms with Gasteiger partial charge in [0.1, 0.15) is 11.5 Å². The van der Waals surface area contributed by atoms with Crippen molar-refractivity contribution in [3.8, 4) is 11.3 Å². The van der Waals surface area contributed by atoms with Crippen LogP contribution in [0.4, 0.5) is 4.79 Å². The maximum Gasteiger partial charge on any atom is 0.337 e. The molecule has 2 amide bonds. The summed E-state index contributed by atoms with van der Waals surface area (Å²) in [7, 11) is 1.41. The lowest BCUT2D eigenvalue weighted by atomic mass is 10.1. The number of amides is 2. The van der Waals surface area contributed by atoms with Gasteiger partial charge in [-0.1, -0.05) is 17.7 Å². The van der Waals surface area contributed by atoms with Crippen molar-refractivity contribution < 1.29 is 23.9 Å². The van der Waals surface area contributed by atoms with Crippen LogP contribution in [0.3, 0.4) is 0 Å². The van der Waals surface area contributed by atoms with Gasteiger partial charge in [0.2, 0.25) is 0 Å². The van der Waals surface area contributed by atoms with E-state index in [9.17, 15) is 14.4 Å². The third kappa shape index (κ3) is 2.95. The minimum Gasteiger partial charge on any atom is -0.478 e. The standard InChI is InChI=1S/C16H10ClNO5S/c1-18-14(19)13(24-16(18)22)7-9-3-5-12(23-9)8-2-4-10(15(20)21)11(17)6-8/h2-7H,1H3,(H,20,21). The molecular weight excluding hydrogens is 354 g/mol. The van der Waals surface area contributed by atoms with Gasteiger partial charge in [0.15, 0.2) is 0 Å². The van der Waals surface area contributed by atoms with Gasteiger partial charge in [-0.25, -0.2) is 4.79 Å². The van der Waals surface area contributed by atoms with Crippen LogP contribution in [0.5, 0.6) is 0 Å². The number of carbonyl (C=O) groups is 3. The van der Waals surface area contributed by atoms with E-state index in [2.05, 4.69) is 0 Å². The van der Waals surface area contributed by atoms with Gasteiger partial charge in [-0.05, 0) is 36.0 Å². The van der Waals surface area contributed by atoms with E-state index in [1.165, 1.54) is 25.3 Å². The van der Waals surface area contributed by atoms with Crippen molar-refractivity contribution in [1.29, 1.82) is 0 Å². The number of hydrogen-bond donors (Lipinski definition) is 1. The molecule has 0 aliphatic carbocycles. The fraction of sp³-hybridized carbons (Fsp3) is 0.0625. The lowest BCUT2D eigenvalue weighted by molar-refractivity contribution is -0.121. The number of carboxylic acids is 1. The number of thioether (sulfide) groups is 1. The number of halogens is 1. The second kappa shape index (κ2) is 6.18. The summed E-state index contributed by atoms with van der Waals surface area (Å²) in [6.45, 7) is 0. The van der Waals surface area contributed by atoms with Gasteiger partial charge in [0, 0.05) is 18.7 Å². The first-order valence-electron chi connectivity index (χ1n) is 6.71. The Balaban J connectivity index is 1.89. The fourth-order valence-corrected chi connectivity index (χ4v) is 3.17. The predicted molar refractivity (Wildman–Crippen MR) is 89.8 cm³/mol. The van der Waals surface area contributed by atoms with Gasteiger partial charge in [0.05, 0.1) is 15.5 Å². The Kier molecular flexibility index (Phi) is 4.21. The Bertz CT molecular complexity index is 902. The van der Waals surface area contributed by atoms with Gasteiger partial charge in [-0.2, -0.15) is 0 Å². The Hall–Kier alpha value is -2.51. The van der Waals surface area contributed by atoms with Crippen molar-refractivity contribution in [2.75, 3.05) is 7.05 Å². The molecule has 6 nitrogen and oxygen atoms in total. The van der Waals surface area contributed by atoms with Crippen molar-refractivity contribution in [2.24, 2.45) is 0 Å². The summed E-state index contributed by atoms with van der Waals surface area (Å²) in [5.41, 5.74) is 0.608. The molecule has 1 aliphatic rings. The highest BCUT2D eigenvalue weighted by Crippen LogP contribution is 2.33. The summed E-state index contributed by atoms with van der Waals surface area (Å²) in [6.07, 6.45) is 1.49. The minimum atomic E-state index is -1.11. The molecule has 2 heterocycles. The molecule has 1 aromatic heterocycles. The smallest absolute Gasteiger partial charge is 0.337 e. The van der Waals surface area contributed by atoms with Crippen LogP contribution in [0, 0.1) is 0 Å². The van der Waals surface area contributed by atoms with E-state index in [1.54, 1.807) is 18.2 Å². The Morgan fingerprint density at radius 1 is 1.29 bits per heavy atom. The molecule has 8 heteroatoms. The van der Waals surface area contributed by atoms with Gasteiger partial charge in [-0.3, -0.25) is 14.5 Å². The van der Waals surface area contributed by atoms with Crippen LogP contribution in [0.15, 0.2) is 39.7 Å². The molecule has 0 atom stereocenters. The first-order chi connectivity index (χ1) is 11.4. The monoisotopic (exact) mass is 363 g/mol. The second-order valence-electron chi connectivity index (χ2n) is 4.94. The first kappa shape index (κ1) is 16.4. The number of likely N-dealkylation sites (N-methyl/N-ethyl adjacent to an activating group) is 1. The summed E-state index contributed by atoms with van der Waals surface area (Å²) in [4.78, 5) is 35.6. The van der Waals surface area contributed by atoms with E-state index in [0.717, 1.165) is 16.7 Å². The average molecular weight is 364 g/mol. The molecular formula is C16H10ClNO5S. The van der Waals surface area contributed by atoms with Crippen molar-refractivity contribution in [3.63, 3.8) is 0 Å². The highest BCUT2D eigenvalue weighted by atomic mass is 35.5. The summed E-state index contributed by atoms with van der Waals surface area (Å²) >= 11 is 6.79. The molecule has 1 aromatic carbocycles. The molecule has 0 bridgehead atoms. The number of rotatable bonds is 3. The Morgan fingerprint density at radius 2 is 2.04 bits per heavy atom. The third-order valence-electron chi connectivity index (χ3n) is 3.37. The number of furan rings is 1. The van der Waals surface area contributed by atoms with E-state index in [4.69, 9.17) is 21.1 Å². The summed E-state index contributed by atoms with van der Waals surface area (Å²) < 4.78 is 5.63. The molecule has 0 spiro atoms. The fourth-order valence-electron chi connectivity index (χ4n) is 2.10. The summed E-state index contributed by atoms with van der Waals surface area (Å²) in [5.74, 6) is -0.614. The molecule has 1 aliphatic heterocycles. The van der Waals surface area contributed by atoms with Crippen molar-refractivity contribution in [1.82, 2.24) is 4.90 Å². The molecule has 0 saturated carbocycles. The van der Waals surface area contributed by atoms with Crippen LogP contribution < -0.4 is 0 Å². The summed E-state index contributed by atoms with van der Waals surface area (Å²) in [6, 6.07) is 7.79. The van der Waals surface area contributed by atoms with Crippen LogP contribution >= 0.6 is 23.4 Å². The topological polar surface area (TPSA) is 87.8 Å².